The van der Waals surface area contributed by atoms with E-state index in [1.807, 2.05) is 33.3 Å². The first-order valence-electron chi connectivity index (χ1n) is 9.53. The Hall–Kier alpha value is -1.19. The van der Waals surface area contributed by atoms with Crippen molar-refractivity contribution in [3.05, 3.63) is 29.3 Å². The maximum atomic E-state index is 12.1. The number of quaternary nitrogens is 1. The van der Waals surface area contributed by atoms with E-state index in [2.05, 4.69) is 0 Å². The van der Waals surface area contributed by atoms with Gasteiger partial charge in [0.15, 0.2) is 0 Å². The molecule has 0 aliphatic rings. The summed E-state index contributed by atoms with van der Waals surface area (Å²) in [5, 5.41) is 9.63. The minimum Gasteiger partial charge on any atom is -0.870 e. The molecule has 0 heterocycles. The summed E-state index contributed by atoms with van der Waals surface area (Å²) < 4.78 is 28.2. The Morgan fingerprint density at radius 1 is 1.10 bits per heavy atom. The van der Waals surface area contributed by atoms with Crippen LogP contribution in [0.25, 0.3) is 0 Å². The van der Waals surface area contributed by atoms with Crippen molar-refractivity contribution >= 4 is 25.4 Å². The predicted octanol–water partition coefficient (Wildman–Crippen LogP) is 3.79. The zero-order chi connectivity index (χ0) is 21.9. The Morgan fingerprint density at radius 2 is 1.67 bits per heavy atom. The number of aliphatic carboxylic acids is 1. The highest BCUT2D eigenvalue weighted by atomic mass is 35.5. The van der Waals surface area contributed by atoms with Crippen LogP contribution in [0.1, 0.15) is 32.1 Å². The lowest BCUT2D eigenvalue weighted by molar-refractivity contribution is -0.873. The number of hydrogen-bond donors (Lipinski definition) is 2. The normalized spacial score (nSPS) is 14.4. The van der Waals surface area contributed by atoms with Gasteiger partial charge in [-0.1, -0.05) is 18.0 Å². The van der Waals surface area contributed by atoms with E-state index in [0.717, 1.165) is 25.0 Å². The average molecular weight is 470 g/mol. The molecule has 3 N–H and O–H groups in total. The van der Waals surface area contributed by atoms with E-state index in [0.29, 0.717) is 22.5 Å². The van der Waals surface area contributed by atoms with Gasteiger partial charge in [-0.25, -0.2) is 4.57 Å². The largest absolute Gasteiger partial charge is 0.870 e. The van der Waals surface area contributed by atoms with Gasteiger partial charge in [-0.15, -0.1) is 0 Å². The average Bonchev–Trinajstić information content (AvgIpc) is 2.56. The van der Waals surface area contributed by atoms with Gasteiger partial charge in [-0.3, -0.25) is 13.8 Å². The maximum absolute atomic E-state index is 12.1. The second-order valence-corrected chi connectivity index (χ2v) is 9.66. The summed E-state index contributed by atoms with van der Waals surface area (Å²) in [5.74, 6) is -0.329. The Morgan fingerprint density at radius 3 is 2.20 bits per heavy atom. The van der Waals surface area contributed by atoms with Crippen LogP contribution in [0.5, 0.6) is 5.75 Å². The summed E-state index contributed by atoms with van der Waals surface area (Å²) in [4.78, 5) is 20.8. The number of unbranched alkanes of at least 4 members (excludes halogenated alkanes) is 3. The van der Waals surface area contributed by atoms with Crippen LogP contribution in [0.15, 0.2) is 24.3 Å². The molecule has 174 valence electrons. The number of ether oxygens (including phenoxy) is 1. The van der Waals surface area contributed by atoms with Gasteiger partial charge in [-0.05, 0) is 43.5 Å². The van der Waals surface area contributed by atoms with Crippen molar-refractivity contribution in [2.45, 2.75) is 38.2 Å². The number of phosphoric ester groups is 1. The number of rotatable bonds is 15. The molecule has 1 unspecified atom stereocenters. The number of nitrogens with zero attached hydrogens (tertiary/aromatic N) is 1. The molecule has 0 spiro atoms. The molecule has 0 radical (unpaired) electrons. The molecule has 0 aliphatic heterocycles. The minimum absolute atomic E-state index is 0. The van der Waals surface area contributed by atoms with Gasteiger partial charge < -0.3 is 24.7 Å². The monoisotopic (exact) mass is 469 g/mol. The molecule has 0 amide bonds. The van der Waals surface area contributed by atoms with Crippen molar-refractivity contribution in [1.29, 1.82) is 0 Å². The van der Waals surface area contributed by atoms with E-state index in [1.165, 1.54) is 0 Å². The summed E-state index contributed by atoms with van der Waals surface area (Å²) in [6.45, 7) is 0.913. The lowest BCUT2D eigenvalue weighted by Crippen LogP contribution is -2.42. The van der Waals surface area contributed by atoms with Gasteiger partial charge in [0.25, 0.3) is 0 Å². The number of benzene rings is 1. The van der Waals surface area contributed by atoms with Crippen LogP contribution in [0.3, 0.4) is 0 Å². The minimum atomic E-state index is -4.31. The van der Waals surface area contributed by atoms with Crippen LogP contribution in [0, 0.1) is 0 Å². The van der Waals surface area contributed by atoms with E-state index in [1.54, 1.807) is 12.1 Å². The third-order valence-corrected chi connectivity index (χ3v) is 5.14. The van der Waals surface area contributed by atoms with Crippen molar-refractivity contribution < 1.29 is 43.1 Å². The standard InChI is InChI=1S/C19H31ClNO7P.H2O/c1-21(2,3)15-18(14-19(22)23)28-29(24,25)27-13-7-5-4-6-12-26-17-10-8-16(20)9-11-17;/h8-11,18H,4-7,12-15H2,1-3H3,(H-,22,23,24,25);1H2/t18-;/m1./s1. The number of halogens is 1. The first kappa shape index (κ1) is 28.8. The molecule has 0 saturated heterocycles. The molecule has 0 aromatic heterocycles. The van der Waals surface area contributed by atoms with Crippen molar-refractivity contribution in [2.24, 2.45) is 0 Å². The smallest absolute Gasteiger partial charge is 0.472 e. The molecule has 1 aromatic carbocycles. The van der Waals surface area contributed by atoms with Crippen LogP contribution in [-0.4, -0.2) is 72.9 Å². The highest BCUT2D eigenvalue weighted by molar-refractivity contribution is 7.47. The van der Waals surface area contributed by atoms with E-state index in [-0.39, 0.29) is 25.0 Å². The highest BCUT2D eigenvalue weighted by Gasteiger charge is 2.31. The number of carboxylic acids is 1. The molecule has 2 atom stereocenters. The van der Waals surface area contributed by atoms with Gasteiger partial charge in [-0.2, -0.15) is 0 Å². The molecule has 0 aliphatic carbocycles. The fourth-order valence-corrected chi connectivity index (χ4v) is 3.68. The van der Waals surface area contributed by atoms with Crippen LogP contribution in [0.2, 0.25) is 5.02 Å². The zero-order valence-corrected chi connectivity index (χ0v) is 19.3. The van der Waals surface area contributed by atoms with E-state index >= 15 is 0 Å². The fourth-order valence-electron chi connectivity index (χ4n) is 2.62. The second kappa shape index (κ2) is 14.0. The summed E-state index contributed by atoms with van der Waals surface area (Å²) >= 11 is 5.81. The first-order chi connectivity index (χ1) is 13.5. The number of carbonyl (C=O) groups is 1. The Labute approximate surface area is 183 Å². The molecule has 0 fully saturated rings. The van der Waals surface area contributed by atoms with Gasteiger partial charge >= 0.3 is 13.8 Å². The predicted molar refractivity (Wildman–Crippen MR) is 113 cm³/mol. The molecule has 30 heavy (non-hydrogen) atoms. The van der Waals surface area contributed by atoms with Crippen LogP contribution in [0.4, 0.5) is 0 Å². The summed E-state index contributed by atoms with van der Waals surface area (Å²) in [6, 6.07) is 7.16. The van der Waals surface area contributed by atoms with Gasteiger partial charge in [0.2, 0.25) is 0 Å². The Kier molecular flexibility index (Phi) is 13.4. The topological polar surface area (TPSA) is 132 Å². The van der Waals surface area contributed by atoms with Crippen LogP contribution in [-0.2, 0) is 18.4 Å². The molecule has 9 nitrogen and oxygen atoms in total. The quantitative estimate of drug-likeness (QED) is 0.225. The fraction of sp³-hybridized carbons (Fsp3) is 0.632. The Balaban J connectivity index is 0.00000841. The molecule has 0 saturated carbocycles. The summed E-state index contributed by atoms with van der Waals surface area (Å²) in [7, 11) is 1.23. The summed E-state index contributed by atoms with van der Waals surface area (Å²) in [6.07, 6.45) is 1.86. The number of phosphoric acid groups is 1. The molecule has 1 aromatic rings. The Bertz CT molecular complexity index is 665. The number of likely N-dealkylation sites (N-methyl/N-ethyl adjacent to an activating group) is 1. The number of carboxylic acid groups (broad SMARTS) is 1. The van der Waals surface area contributed by atoms with Crippen molar-refractivity contribution in [1.82, 2.24) is 0 Å². The van der Waals surface area contributed by atoms with E-state index < -0.39 is 19.9 Å². The third-order valence-electron chi connectivity index (χ3n) is 3.81. The SMILES string of the molecule is C[N+](C)(C)C[C@@H](CC(=O)O)OP(=O)(O)OCCCCCCOc1ccc(Cl)cc1.[OH-]. The zero-order valence-electron chi connectivity index (χ0n) is 17.7. The van der Waals surface area contributed by atoms with Crippen LogP contribution < -0.4 is 4.74 Å². The maximum Gasteiger partial charge on any atom is 0.472 e. The molecular weight excluding hydrogens is 437 g/mol. The number of hydrogen-bond acceptors (Lipinski definition) is 6. The van der Waals surface area contributed by atoms with Crippen LogP contribution >= 0.6 is 19.4 Å². The van der Waals surface area contributed by atoms with E-state index in [9.17, 15) is 14.3 Å². The van der Waals surface area contributed by atoms with Crippen molar-refractivity contribution in [3.63, 3.8) is 0 Å². The summed E-state index contributed by atoms with van der Waals surface area (Å²) in [5.41, 5.74) is 0. The lowest BCUT2D eigenvalue weighted by atomic mass is 10.2. The van der Waals surface area contributed by atoms with Gasteiger partial charge in [0.05, 0.1) is 40.8 Å². The molecule has 0 bridgehead atoms. The molecular formula is C19H33ClNO8P. The third kappa shape index (κ3) is 14.7. The molecule has 1 rings (SSSR count). The van der Waals surface area contributed by atoms with Gasteiger partial charge in [0.1, 0.15) is 18.4 Å². The van der Waals surface area contributed by atoms with Crippen molar-refractivity contribution in [3.8, 4) is 5.75 Å². The highest BCUT2D eigenvalue weighted by Crippen LogP contribution is 2.45. The van der Waals surface area contributed by atoms with Gasteiger partial charge in [0, 0.05) is 5.02 Å². The van der Waals surface area contributed by atoms with Crippen molar-refractivity contribution in [2.75, 3.05) is 40.9 Å². The molecule has 11 heteroatoms. The lowest BCUT2D eigenvalue weighted by Gasteiger charge is -2.29. The first-order valence-corrected chi connectivity index (χ1v) is 11.4. The van der Waals surface area contributed by atoms with E-state index in [4.69, 9.17) is 30.5 Å². The second-order valence-electron chi connectivity index (χ2n) is 7.82.